The maximum absolute atomic E-state index is 5.61. The maximum Gasteiger partial charge on any atom is 0.225 e. The molecule has 0 bridgehead atoms. The molecule has 2 rings (SSSR count). The molecule has 3 N–H and O–H groups in total. The van der Waals surface area contributed by atoms with Crippen LogP contribution in [0.25, 0.3) is 0 Å². The van der Waals surface area contributed by atoms with Crippen molar-refractivity contribution in [3.63, 3.8) is 0 Å². The molecule has 0 saturated heterocycles. The Morgan fingerprint density at radius 2 is 2.11 bits per heavy atom. The van der Waals surface area contributed by atoms with E-state index in [1.165, 1.54) is 38.5 Å². The number of hydrogen-bond acceptors (Lipinski definition) is 5. The van der Waals surface area contributed by atoms with Crippen LogP contribution >= 0.6 is 0 Å². The number of nitrogens with one attached hydrogen (secondary N) is 1. The third-order valence-electron chi connectivity index (χ3n) is 3.51. The number of nitrogen functional groups attached to an aromatic ring is 1. The molecule has 0 aromatic carbocycles. The van der Waals surface area contributed by atoms with Gasteiger partial charge in [-0.3, -0.25) is 0 Å². The van der Waals surface area contributed by atoms with Gasteiger partial charge in [-0.15, -0.1) is 0 Å². The second-order valence-electron chi connectivity index (χ2n) is 4.87. The highest BCUT2D eigenvalue weighted by Crippen LogP contribution is 2.26. The minimum atomic E-state index is 0.245. The van der Waals surface area contributed by atoms with Crippen LogP contribution in [-0.2, 0) is 0 Å². The van der Waals surface area contributed by atoms with E-state index < -0.39 is 0 Å². The van der Waals surface area contributed by atoms with Gasteiger partial charge in [0.15, 0.2) is 0 Å². The summed E-state index contributed by atoms with van der Waals surface area (Å²) in [4.78, 5) is 8.09. The summed E-state index contributed by atoms with van der Waals surface area (Å²) in [6.45, 7) is 0.935. The molecule has 18 heavy (non-hydrogen) atoms. The van der Waals surface area contributed by atoms with Crippen molar-refractivity contribution in [3.8, 4) is 5.88 Å². The van der Waals surface area contributed by atoms with Crippen LogP contribution in [0, 0.1) is 5.92 Å². The van der Waals surface area contributed by atoms with E-state index in [-0.39, 0.29) is 5.95 Å². The lowest BCUT2D eigenvalue weighted by Gasteiger charge is -2.21. The van der Waals surface area contributed by atoms with Crippen molar-refractivity contribution in [1.82, 2.24) is 9.97 Å². The predicted molar refractivity (Wildman–Crippen MR) is 72.7 cm³/mol. The van der Waals surface area contributed by atoms with E-state index in [1.807, 2.05) is 0 Å². The highest BCUT2D eigenvalue weighted by atomic mass is 16.5. The van der Waals surface area contributed by atoms with Crippen LogP contribution in [0.5, 0.6) is 5.88 Å². The average Bonchev–Trinajstić information content (AvgIpc) is 2.39. The molecule has 1 aliphatic rings. The number of methoxy groups -OCH3 is 1. The highest BCUT2D eigenvalue weighted by molar-refractivity contribution is 5.42. The zero-order valence-electron chi connectivity index (χ0n) is 11.0. The Morgan fingerprint density at radius 1 is 1.33 bits per heavy atom. The summed E-state index contributed by atoms with van der Waals surface area (Å²) in [6, 6.07) is 1.78. The Bertz CT molecular complexity index is 377. The van der Waals surface area contributed by atoms with E-state index >= 15 is 0 Å². The van der Waals surface area contributed by atoms with Crippen molar-refractivity contribution >= 4 is 11.8 Å². The van der Waals surface area contributed by atoms with Gasteiger partial charge in [0.2, 0.25) is 11.8 Å². The molecule has 1 heterocycles. The smallest absolute Gasteiger partial charge is 0.225 e. The van der Waals surface area contributed by atoms with E-state index in [1.54, 1.807) is 13.2 Å². The highest BCUT2D eigenvalue weighted by Gasteiger charge is 2.12. The molecule has 0 unspecified atom stereocenters. The molecular formula is C13H22N4O. The van der Waals surface area contributed by atoms with Gasteiger partial charge in [0.05, 0.1) is 7.11 Å². The summed E-state index contributed by atoms with van der Waals surface area (Å²) in [5, 5.41) is 3.30. The van der Waals surface area contributed by atoms with Gasteiger partial charge in [-0.05, 0) is 12.3 Å². The molecular weight excluding hydrogens is 228 g/mol. The molecule has 0 atom stereocenters. The standard InChI is InChI=1S/C13H22N4O/c1-18-12-9-11(16-13(14)17-12)15-8-7-10-5-3-2-4-6-10/h9-10H,2-8H2,1H3,(H3,14,15,16,17). The number of nitrogens with zero attached hydrogens (tertiary/aromatic N) is 2. The van der Waals surface area contributed by atoms with Crippen molar-refractivity contribution in [1.29, 1.82) is 0 Å². The molecule has 1 fully saturated rings. The molecule has 0 spiro atoms. The maximum atomic E-state index is 5.61. The van der Waals surface area contributed by atoms with Gasteiger partial charge in [0, 0.05) is 12.6 Å². The van der Waals surface area contributed by atoms with Gasteiger partial charge in [-0.25, -0.2) is 0 Å². The third kappa shape index (κ3) is 3.75. The largest absolute Gasteiger partial charge is 0.481 e. The molecule has 5 heteroatoms. The molecule has 5 nitrogen and oxygen atoms in total. The lowest BCUT2D eigenvalue weighted by Crippen LogP contribution is -2.13. The van der Waals surface area contributed by atoms with Crippen LogP contribution in [0.2, 0.25) is 0 Å². The van der Waals surface area contributed by atoms with Gasteiger partial charge < -0.3 is 15.8 Å². The van der Waals surface area contributed by atoms with E-state index in [2.05, 4.69) is 15.3 Å². The minimum absolute atomic E-state index is 0.245. The number of aromatic nitrogens is 2. The Labute approximate surface area is 108 Å². The molecule has 0 radical (unpaired) electrons. The zero-order chi connectivity index (χ0) is 12.8. The van der Waals surface area contributed by atoms with Crippen LogP contribution in [-0.4, -0.2) is 23.6 Å². The molecule has 0 amide bonds. The monoisotopic (exact) mass is 250 g/mol. The van der Waals surface area contributed by atoms with Crippen molar-refractivity contribution in [2.24, 2.45) is 5.92 Å². The van der Waals surface area contributed by atoms with E-state index in [0.29, 0.717) is 5.88 Å². The zero-order valence-corrected chi connectivity index (χ0v) is 11.0. The number of anilines is 2. The number of nitrogens with two attached hydrogens (primary N) is 1. The first kappa shape index (κ1) is 12.9. The summed E-state index contributed by atoms with van der Waals surface area (Å²) >= 11 is 0. The Kier molecular flexibility index (Phi) is 4.61. The van der Waals surface area contributed by atoms with Crippen LogP contribution < -0.4 is 15.8 Å². The van der Waals surface area contributed by atoms with Crippen LogP contribution in [0.15, 0.2) is 6.07 Å². The fourth-order valence-corrected chi connectivity index (χ4v) is 2.52. The summed E-state index contributed by atoms with van der Waals surface area (Å²) < 4.78 is 5.06. The summed E-state index contributed by atoms with van der Waals surface area (Å²) in [5.41, 5.74) is 5.61. The SMILES string of the molecule is COc1cc(NCCC2CCCCC2)nc(N)n1. The number of ether oxygens (including phenoxy) is 1. The van der Waals surface area contributed by atoms with Crippen LogP contribution in [0.1, 0.15) is 38.5 Å². The van der Waals surface area contributed by atoms with Crippen molar-refractivity contribution < 1.29 is 4.74 Å². The third-order valence-corrected chi connectivity index (χ3v) is 3.51. The fourth-order valence-electron chi connectivity index (χ4n) is 2.52. The van der Waals surface area contributed by atoms with Gasteiger partial charge in [0.1, 0.15) is 5.82 Å². The van der Waals surface area contributed by atoms with Gasteiger partial charge in [0.25, 0.3) is 0 Å². The molecule has 1 saturated carbocycles. The Hall–Kier alpha value is -1.52. The second kappa shape index (κ2) is 6.42. The second-order valence-corrected chi connectivity index (χ2v) is 4.87. The summed E-state index contributed by atoms with van der Waals surface area (Å²) in [5.74, 6) is 2.36. The van der Waals surface area contributed by atoms with Crippen molar-refractivity contribution in [3.05, 3.63) is 6.07 Å². The molecule has 1 aromatic heterocycles. The first-order chi connectivity index (χ1) is 8.78. The van der Waals surface area contributed by atoms with Gasteiger partial charge in [-0.2, -0.15) is 9.97 Å². The van der Waals surface area contributed by atoms with E-state index in [9.17, 15) is 0 Å². The quantitative estimate of drug-likeness (QED) is 0.839. The topological polar surface area (TPSA) is 73.1 Å². The first-order valence-electron chi connectivity index (χ1n) is 6.70. The summed E-state index contributed by atoms with van der Waals surface area (Å²) in [6.07, 6.45) is 8.13. The van der Waals surface area contributed by atoms with E-state index in [4.69, 9.17) is 10.5 Å². The predicted octanol–water partition coefficient (Wildman–Crippen LogP) is 2.45. The average molecular weight is 250 g/mol. The number of rotatable bonds is 5. The lowest BCUT2D eigenvalue weighted by atomic mass is 9.87. The van der Waals surface area contributed by atoms with Crippen LogP contribution in [0.4, 0.5) is 11.8 Å². The minimum Gasteiger partial charge on any atom is -0.481 e. The fraction of sp³-hybridized carbons (Fsp3) is 0.692. The molecule has 1 aliphatic carbocycles. The lowest BCUT2D eigenvalue weighted by molar-refractivity contribution is 0.345. The van der Waals surface area contributed by atoms with Crippen LogP contribution in [0.3, 0.4) is 0 Å². The van der Waals surface area contributed by atoms with Crippen molar-refractivity contribution in [2.75, 3.05) is 24.7 Å². The van der Waals surface area contributed by atoms with Crippen molar-refractivity contribution in [2.45, 2.75) is 38.5 Å². The van der Waals surface area contributed by atoms with Gasteiger partial charge >= 0.3 is 0 Å². The Morgan fingerprint density at radius 3 is 2.83 bits per heavy atom. The van der Waals surface area contributed by atoms with Gasteiger partial charge in [-0.1, -0.05) is 32.1 Å². The summed E-state index contributed by atoms with van der Waals surface area (Å²) in [7, 11) is 1.58. The molecule has 100 valence electrons. The Balaban J connectivity index is 1.80. The number of hydrogen-bond donors (Lipinski definition) is 2. The molecule has 0 aliphatic heterocycles. The normalized spacial score (nSPS) is 16.5. The molecule has 1 aromatic rings. The first-order valence-corrected chi connectivity index (χ1v) is 6.70. The van der Waals surface area contributed by atoms with E-state index in [0.717, 1.165) is 18.3 Å².